The van der Waals surface area contributed by atoms with Gasteiger partial charge < -0.3 is 9.72 Å². The molecule has 116 valence electrons. The van der Waals surface area contributed by atoms with Crippen molar-refractivity contribution in [2.45, 2.75) is 19.4 Å². The SMILES string of the molecule is Cc1nc([C@@H]2COCCN2CCc2ccccc2)cc(=O)[nH]1. The average Bonchev–Trinajstić information content (AvgIpc) is 2.53. The highest BCUT2D eigenvalue weighted by Crippen LogP contribution is 2.22. The molecular weight excluding hydrogens is 278 g/mol. The van der Waals surface area contributed by atoms with Gasteiger partial charge in [0.25, 0.3) is 5.56 Å². The van der Waals surface area contributed by atoms with E-state index in [-0.39, 0.29) is 11.6 Å². The molecule has 1 fully saturated rings. The molecule has 0 aliphatic carbocycles. The fourth-order valence-electron chi connectivity index (χ4n) is 2.87. The molecule has 0 amide bonds. The highest BCUT2D eigenvalue weighted by atomic mass is 16.5. The lowest BCUT2D eigenvalue weighted by molar-refractivity contribution is -0.00951. The summed E-state index contributed by atoms with van der Waals surface area (Å²) in [6.07, 6.45) is 0.986. The molecule has 1 atom stereocenters. The van der Waals surface area contributed by atoms with Gasteiger partial charge in [-0.1, -0.05) is 30.3 Å². The van der Waals surface area contributed by atoms with Crippen LogP contribution in [-0.4, -0.2) is 41.2 Å². The van der Waals surface area contributed by atoms with E-state index in [1.807, 2.05) is 13.0 Å². The predicted molar refractivity (Wildman–Crippen MR) is 84.9 cm³/mol. The Morgan fingerprint density at radius 2 is 2.18 bits per heavy atom. The van der Waals surface area contributed by atoms with Gasteiger partial charge >= 0.3 is 0 Å². The number of hydrogen-bond acceptors (Lipinski definition) is 4. The molecule has 0 radical (unpaired) electrons. The van der Waals surface area contributed by atoms with Gasteiger partial charge in [0.2, 0.25) is 0 Å². The molecule has 0 saturated carbocycles. The Balaban J connectivity index is 1.74. The molecule has 2 aromatic rings. The van der Waals surface area contributed by atoms with Gasteiger partial charge in [0.15, 0.2) is 0 Å². The minimum Gasteiger partial charge on any atom is -0.378 e. The number of rotatable bonds is 4. The van der Waals surface area contributed by atoms with Crippen molar-refractivity contribution in [1.29, 1.82) is 0 Å². The molecule has 1 saturated heterocycles. The van der Waals surface area contributed by atoms with Crippen molar-refractivity contribution in [3.63, 3.8) is 0 Å². The van der Waals surface area contributed by atoms with E-state index in [0.717, 1.165) is 31.8 Å². The summed E-state index contributed by atoms with van der Waals surface area (Å²) < 4.78 is 5.60. The second kappa shape index (κ2) is 6.85. The van der Waals surface area contributed by atoms with Gasteiger partial charge in [-0.05, 0) is 18.9 Å². The normalized spacial score (nSPS) is 19.2. The van der Waals surface area contributed by atoms with E-state index in [9.17, 15) is 4.79 Å². The van der Waals surface area contributed by atoms with Gasteiger partial charge in [0.1, 0.15) is 5.82 Å². The summed E-state index contributed by atoms with van der Waals surface area (Å²) in [4.78, 5) is 21.2. The van der Waals surface area contributed by atoms with Crippen LogP contribution in [0.4, 0.5) is 0 Å². The Morgan fingerprint density at radius 3 is 2.95 bits per heavy atom. The van der Waals surface area contributed by atoms with Crippen LogP contribution in [-0.2, 0) is 11.2 Å². The van der Waals surface area contributed by atoms with E-state index in [0.29, 0.717) is 12.4 Å². The Bertz CT molecular complexity index is 669. The van der Waals surface area contributed by atoms with Crippen molar-refractivity contribution in [3.05, 3.63) is 63.8 Å². The number of aromatic amines is 1. The summed E-state index contributed by atoms with van der Waals surface area (Å²) in [6.45, 7) is 4.93. The maximum absolute atomic E-state index is 11.7. The van der Waals surface area contributed by atoms with Crippen LogP contribution in [0.1, 0.15) is 23.1 Å². The number of benzene rings is 1. The highest BCUT2D eigenvalue weighted by Gasteiger charge is 2.25. The quantitative estimate of drug-likeness (QED) is 0.933. The van der Waals surface area contributed by atoms with Crippen LogP contribution in [0.2, 0.25) is 0 Å². The molecule has 22 heavy (non-hydrogen) atoms. The van der Waals surface area contributed by atoms with Gasteiger partial charge in [-0.25, -0.2) is 4.98 Å². The summed E-state index contributed by atoms with van der Waals surface area (Å²) in [5.41, 5.74) is 2.02. The van der Waals surface area contributed by atoms with E-state index in [2.05, 4.69) is 39.1 Å². The molecule has 0 spiro atoms. The third kappa shape index (κ3) is 3.61. The zero-order valence-corrected chi connectivity index (χ0v) is 12.8. The molecule has 5 nitrogen and oxygen atoms in total. The van der Waals surface area contributed by atoms with E-state index < -0.39 is 0 Å². The first-order valence-corrected chi connectivity index (χ1v) is 7.66. The fraction of sp³-hybridized carbons (Fsp3) is 0.412. The van der Waals surface area contributed by atoms with Crippen LogP contribution in [0.5, 0.6) is 0 Å². The fourth-order valence-corrected chi connectivity index (χ4v) is 2.87. The van der Waals surface area contributed by atoms with Crippen LogP contribution >= 0.6 is 0 Å². The number of nitrogens with one attached hydrogen (secondary N) is 1. The van der Waals surface area contributed by atoms with Crippen molar-refractivity contribution >= 4 is 0 Å². The van der Waals surface area contributed by atoms with Crippen molar-refractivity contribution in [2.24, 2.45) is 0 Å². The van der Waals surface area contributed by atoms with Crippen LogP contribution in [0, 0.1) is 6.92 Å². The molecule has 5 heteroatoms. The van der Waals surface area contributed by atoms with Crippen LogP contribution < -0.4 is 5.56 Å². The van der Waals surface area contributed by atoms with Gasteiger partial charge in [-0.2, -0.15) is 0 Å². The monoisotopic (exact) mass is 299 g/mol. The molecule has 0 bridgehead atoms. The second-order valence-corrected chi connectivity index (χ2v) is 5.62. The molecule has 3 rings (SSSR count). The number of morpholine rings is 1. The average molecular weight is 299 g/mol. The first-order chi connectivity index (χ1) is 10.7. The van der Waals surface area contributed by atoms with Crippen LogP contribution in [0.3, 0.4) is 0 Å². The number of hydrogen-bond donors (Lipinski definition) is 1. The molecular formula is C17H21N3O2. The molecule has 2 heterocycles. The van der Waals surface area contributed by atoms with Crippen LogP contribution in [0.15, 0.2) is 41.2 Å². The minimum absolute atomic E-state index is 0.0541. The second-order valence-electron chi connectivity index (χ2n) is 5.62. The highest BCUT2D eigenvalue weighted by molar-refractivity contribution is 5.15. The summed E-state index contributed by atoms with van der Waals surface area (Å²) >= 11 is 0. The summed E-state index contributed by atoms with van der Waals surface area (Å²) in [6, 6.07) is 12.1. The summed E-state index contributed by atoms with van der Waals surface area (Å²) in [5, 5.41) is 0. The van der Waals surface area contributed by atoms with E-state index >= 15 is 0 Å². The predicted octanol–water partition coefficient (Wildman–Crippen LogP) is 1.69. The standard InChI is InChI=1S/C17H21N3O2/c1-13-18-15(11-17(21)19-13)16-12-22-10-9-20(16)8-7-14-5-3-2-4-6-14/h2-6,11,16H,7-10,12H2,1H3,(H,18,19,21)/t16-/m0/s1. The summed E-state index contributed by atoms with van der Waals surface area (Å²) in [5.74, 6) is 0.649. The maximum atomic E-state index is 11.7. The summed E-state index contributed by atoms with van der Waals surface area (Å²) in [7, 11) is 0. The van der Waals surface area contributed by atoms with Crippen molar-refractivity contribution in [3.8, 4) is 0 Å². The smallest absolute Gasteiger partial charge is 0.251 e. The number of ether oxygens (including phenoxy) is 1. The lowest BCUT2D eigenvalue weighted by Gasteiger charge is -2.35. The van der Waals surface area contributed by atoms with E-state index in [1.54, 1.807) is 6.07 Å². The lowest BCUT2D eigenvalue weighted by atomic mass is 10.1. The largest absolute Gasteiger partial charge is 0.378 e. The van der Waals surface area contributed by atoms with Gasteiger partial charge in [0, 0.05) is 19.2 Å². The van der Waals surface area contributed by atoms with Crippen molar-refractivity contribution in [2.75, 3.05) is 26.3 Å². The molecule has 1 aromatic carbocycles. The Labute approximate surface area is 130 Å². The zero-order chi connectivity index (χ0) is 15.4. The van der Waals surface area contributed by atoms with Gasteiger partial charge in [0.05, 0.1) is 24.9 Å². The number of aromatic nitrogens is 2. The number of H-pyrrole nitrogens is 1. The van der Waals surface area contributed by atoms with Gasteiger partial charge in [-0.3, -0.25) is 9.69 Å². The Morgan fingerprint density at radius 1 is 1.36 bits per heavy atom. The number of nitrogens with zero attached hydrogens (tertiary/aromatic N) is 2. The van der Waals surface area contributed by atoms with E-state index in [1.165, 1.54) is 5.56 Å². The molecule has 1 aliphatic rings. The topological polar surface area (TPSA) is 58.2 Å². The van der Waals surface area contributed by atoms with Crippen molar-refractivity contribution < 1.29 is 4.74 Å². The third-order valence-corrected chi connectivity index (χ3v) is 3.99. The van der Waals surface area contributed by atoms with Crippen molar-refractivity contribution in [1.82, 2.24) is 14.9 Å². The number of aryl methyl sites for hydroxylation is 1. The first kappa shape index (κ1) is 14.9. The first-order valence-electron chi connectivity index (χ1n) is 7.66. The van der Waals surface area contributed by atoms with Gasteiger partial charge in [-0.15, -0.1) is 0 Å². The third-order valence-electron chi connectivity index (χ3n) is 3.99. The molecule has 1 N–H and O–H groups in total. The van der Waals surface area contributed by atoms with Crippen LogP contribution in [0.25, 0.3) is 0 Å². The molecule has 0 unspecified atom stereocenters. The lowest BCUT2D eigenvalue weighted by Crippen LogP contribution is -2.41. The Hall–Kier alpha value is -1.98. The maximum Gasteiger partial charge on any atom is 0.251 e. The van der Waals surface area contributed by atoms with E-state index in [4.69, 9.17) is 4.74 Å². The molecule has 1 aliphatic heterocycles. The zero-order valence-electron chi connectivity index (χ0n) is 12.8. The molecule has 1 aromatic heterocycles. The Kier molecular flexibility index (Phi) is 4.65. The minimum atomic E-state index is -0.101.